The molecule has 0 amide bonds. The van der Waals surface area contributed by atoms with Crippen LogP contribution in [0.25, 0.3) is 0 Å². The molecule has 0 heterocycles. The van der Waals surface area contributed by atoms with Gasteiger partial charge in [0, 0.05) is 14.5 Å². The summed E-state index contributed by atoms with van der Waals surface area (Å²) >= 11 is 0. The summed E-state index contributed by atoms with van der Waals surface area (Å²) in [7, 11) is -5.64. The summed E-state index contributed by atoms with van der Waals surface area (Å²) < 4.78 is 19.8. The maximum Gasteiger partial charge on any atom is 1.00 e. The molecule has 0 aromatic heterocycles. The van der Waals surface area contributed by atoms with Gasteiger partial charge in [-0.1, -0.05) is 86.3 Å². The zero-order valence-electron chi connectivity index (χ0n) is 19.8. The van der Waals surface area contributed by atoms with E-state index in [1.807, 2.05) is 57.2 Å². The van der Waals surface area contributed by atoms with Crippen molar-refractivity contribution in [2.75, 3.05) is 0 Å². The van der Waals surface area contributed by atoms with Gasteiger partial charge in [-0.3, -0.25) is 4.03 Å². The van der Waals surface area contributed by atoms with Crippen LogP contribution in [0.2, 0.25) is 5.04 Å². The summed E-state index contributed by atoms with van der Waals surface area (Å²) in [6, 6.07) is 31.8. The maximum atomic E-state index is 14.9. The predicted molar refractivity (Wildman–Crippen MR) is 131 cm³/mol. The molecule has 1 atom stereocenters. The van der Waals surface area contributed by atoms with Gasteiger partial charge in [0.2, 0.25) is 0 Å². The molecule has 0 fully saturated rings. The van der Waals surface area contributed by atoms with Crippen LogP contribution in [-0.4, -0.2) is 17.2 Å². The van der Waals surface area contributed by atoms with Crippen molar-refractivity contribution in [3.8, 4) is 0 Å². The van der Waals surface area contributed by atoms with Crippen molar-refractivity contribution in [3.63, 3.8) is 0 Å². The van der Waals surface area contributed by atoms with Crippen LogP contribution < -0.4 is 29.2 Å². The van der Waals surface area contributed by atoms with E-state index in [0.717, 1.165) is 0 Å². The molecule has 0 saturated heterocycles. The first-order chi connectivity index (χ1) is 14.0. The molecule has 158 valence electrons. The second-order valence-corrected chi connectivity index (χ2v) is 17.2. The molecule has 0 N–H and O–H groups in total. The van der Waals surface area contributed by atoms with E-state index < -0.39 is 22.7 Å². The van der Waals surface area contributed by atoms with Crippen LogP contribution in [0, 0.1) is 6.07 Å². The van der Waals surface area contributed by atoms with E-state index in [-0.39, 0.29) is 23.9 Å². The standard InChI is InChI=1S/C26H32NOSSi.Li/c1-25(2,3)29(28,22-16-10-7-11-17-22)27-30(26(4,5)6,23-18-12-8-13-19-23)24-20-14-9-15-21-24;/h7-16,18-21H,1-6H3;/q-1;+1. The Labute approximate surface area is 202 Å². The van der Waals surface area contributed by atoms with Crippen LogP contribution in [0.15, 0.2) is 93.9 Å². The molecule has 0 saturated carbocycles. The van der Waals surface area contributed by atoms with E-state index in [4.69, 9.17) is 4.03 Å². The Kier molecular flexibility index (Phi) is 7.87. The molecule has 0 bridgehead atoms. The van der Waals surface area contributed by atoms with Crippen molar-refractivity contribution >= 4 is 28.3 Å². The molecule has 3 aromatic carbocycles. The van der Waals surface area contributed by atoms with Crippen LogP contribution in [0.5, 0.6) is 0 Å². The number of benzene rings is 3. The molecule has 0 radical (unpaired) electrons. The molecule has 1 unspecified atom stereocenters. The third-order valence-corrected chi connectivity index (χ3v) is 14.7. The minimum absolute atomic E-state index is 0. The van der Waals surface area contributed by atoms with Gasteiger partial charge in [0.05, 0.1) is 0 Å². The topological polar surface area (TPSA) is 29.4 Å². The summed E-state index contributed by atoms with van der Waals surface area (Å²) in [5, 5.41) is 2.16. The van der Waals surface area contributed by atoms with Gasteiger partial charge in [-0.05, 0) is 36.2 Å². The largest absolute Gasteiger partial charge is 1.00 e. The van der Waals surface area contributed by atoms with E-state index in [9.17, 15) is 4.21 Å². The summed E-state index contributed by atoms with van der Waals surface area (Å²) in [5.41, 5.74) is 0. The van der Waals surface area contributed by atoms with Crippen LogP contribution in [0.1, 0.15) is 41.5 Å². The Morgan fingerprint density at radius 3 is 1.55 bits per heavy atom. The molecular formula is C26H32LiNOSSi. The van der Waals surface area contributed by atoms with Gasteiger partial charge in [-0.2, -0.15) is 30.3 Å². The smallest absolute Gasteiger partial charge is 0.263 e. The molecule has 0 aliphatic carbocycles. The van der Waals surface area contributed by atoms with Crippen molar-refractivity contribution in [1.29, 1.82) is 0 Å². The average Bonchev–Trinajstić information content (AvgIpc) is 2.72. The van der Waals surface area contributed by atoms with E-state index in [2.05, 4.69) is 75.4 Å². The van der Waals surface area contributed by atoms with Crippen molar-refractivity contribution in [1.82, 2.24) is 0 Å². The zero-order chi connectivity index (χ0) is 22.0. The number of hydrogen-bond acceptors (Lipinski definition) is 2. The van der Waals surface area contributed by atoms with Gasteiger partial charge in [0.15, 0.2) is 0 Å². The SMILES string of the molecule is CC(C)(C)[Si](N=S(=O)(c1[c-]cccc1)C(C)(C)C)(c1ccccc1)c1ccccc1.[Li+]. The van der Waals surface area contributed by atoms with Crippen LogP contribution in [0.3, 0.4) is 0 Å². The van der Waals surface area contributed by atoms with Crippen molar-refractivity contribution in [2.24, 2.45) is 4.03 Å². The van der Waals surface area contributed by atoms with Crippen LogP contribution in [-0.2, 0) is 9.73 Å². The van der Waals surface area contributed by atoms with Gasteiger partial charge in [0.1, 0.15) is 0 Å². The summed E-state index contributed by atoms with van der Waals surface area (Å²) in [4.78, 5) is 0.686. The Hall–Kier alpha value is -1.58. The molecular weight excluding hydrogens is 409 g/mol. The third-order valence-electron chi connectivity index (χ3n) is 5.54. The molecule has 2 nitrogen and oxygen atoms in total. The monoisotopic (exact) mass is 441 g/mol. The van der Waals surface area contributed by atoms with Crippen molar-refractivity contribution in [2.45, 2.75) is 56.2 Å². The summed E-state index contributed by atoms with van der Waals surface area (Å²) in [6.45, 7) is 12.8. The van der Waals surface area contributed by atoms with Crippen LogP contribution >= 0.6 is 0 Å². The van der Waals surface area contributed by atoms with E-state index in [0.29, 0.717) is 4.90 Å². The normalized spacial score (nSPS) is 14.3. The minimum Gasteiger partial charge on any atom is -0.263 e. The van der Waals surface area contributed by atoms with Crippen molar-refractivity contribution in [3.05, 3.63) is 91.0 Å². The quantitative estimate of drug-likeness (QED) is 0.452. The molecule has 0 aliphatic rings. The molecule has 0 spiro atoms. The number of hydrogen-bond donors (Lipinski definition) is 0. The van der Waals surface area contributed by atoms with Crippen LogP contribution in [0.4, 0.5) is 0 Å². The maximum absolute atomic E-state index is 14.9. The van der Waals surface area contributed by atoms with Crippen molar-refractivity contribution < 1.29 is 23.1 Å². The van der Waals surface area contributed by atoms with E-state index in [1.165, 1.54) is 10.4 Å². The molecule has 0 aliphatic heterocycles. The Morgan fingerprint density at radius 2 is 1.19 bits per heavy atom. The van der Waals surface area contributed by atoms with Gasteiger partial charge in [-0.15, -0.1) is 0 Å². The minimum atomic E-state index is -2.85. The van der Waals surface area contributed by atoms with Gasteiger partial charge < -0.3 is 0 Å². The fraction of sp³-hybridized carbons (Fsp3) is 0.308. The number of nitrogens with zero attached hydrogens (tertiary/aromatic N) is 1. The third kappa shape index (κ3) is 4.78. The first kappa shape index (κ1) is 25.7. The first-order valence-corrected chi connectivity index (χ1v) is 13.8. The van der Waals surface area contributed by atoms with E-state index in [1.54, 1.807) is 0 Å². The number of rotatable bonds is 4. The first-order valence-electron chi connectivity index (χ1n) is 10.4. The Balaban J connectivity index is 0.00000341. The summed E-state index contributed by atoms with van der Waals surface area (Å²) in [6.07, 6.45) is 0. The predicted octanol–water partition coefficient (Wildman–Crippen LogP) is 2.68. The van der Waals surface area contributed by atoms with E-state index >= 15 is 0 Å². The zero-order valence-corrected chi connectivity index (χ0v) is 21.7. The molecule has 3 aromatic rings. The van der Waals surface area contributed by atoms with Gasteiger partial charge in [0.25, 0.3) is 8.24 Å². The van der Waals surface area contributed by atoms with Gasteiger partial charge in [-0.25, -0.2) is 4.21 Å². The molecule has 3 rings (SSSR count). The molecule has 31 heavy (non-hydrogen) atoms. The molecule has 5 heteroatoms. The fourth-order valence-corrected chi connectivity index (χ4v) is 13.4. The fourth-order valence-electron chi connectivity index (χ4n) is 3.89. The second-order valence-electron chi connectivity index (χ2n) is 9.65. The Morgan fingerprint density at radius 1 is 0.742 bits per heavy atom. The summed E-state index contributed by atoms with van der Waals surface area (Å²) in [5.74, 6) is 0. The average molecular weight is 442 g/mol. The van der Waals surface area contributed by atoms with Gasteiger partial charge >= 0.3 is 18.9 Å². The Bertz CT molecular complexity index is 1060. The second kappa shape index (κ2) is 9.51.